The van der Waals surface area contributed by atoms with Crippen molar-refractivity contribution in [2.75, 3.05) is 45.6 Å². The Morgan fingerprint density at radius 1 is 0.537 bits per heavy atom. The molecule has 0 fully saturated rings. The summed E-state index contributed by atoms with van der Waals surface area (Å²) < 4.78 is 22.4. The molecule has 0 aliphatic rings. The molecule has 2 unspecified atom stereocenters. The van der Waals surface area contributed by atoms with Gasteiger partial charge in [0.05, 0.1) is 45.3 Å². The molecule has 0 radical (unpaired) electrons. The van der Waals surface area contributed by atoms with Crippen molar-refractivity contribution in [1.82, 2.24) is 0 Å². The molecule has 19 nitrogen and oxygen atoms in total. The summed E-state index contributed by atoms with van der Waals surface area (Å²) in [4.78, 5) is 63.3. The van der Waals surface area contributed by atoms with Crippen LogP contribution in [0.3, 0.4) is 0 Å². The van der Waals surface area contributed by atoms with Gasteiger partial charge in [-0.15, -0.1) is 0 Å². The van der Waals surface area contributed by atoms with E-state index >= 15 is 0 Å². The zero-order valence-electron chi connectivity index (χ0n) is 45.1. The predicted molar refractivity (Wildman–Crippen MR) is 308 cm³/mol. The van der Waals surface area contributed by atoms with Crippen LogP contribution in [0.15, 0.2) is 103 Å². The van der Waals surface area contributed by atoms with Crippen LogP contribution in [-0.2, 0) is 19.1 Å². The van der Waals surface area contributed by atoms with Crippen molar-refractivity contribution in [3.63, 3.8) is 0 Å². The Kier molecular flexibility index (Phi) is 23.2. The van der Waals surface area contributed by atoms with E-state index in [0.29, 0.717) is 35.7 Å². The van der Waals surface area contributed by atoms with Gasteiger partial charge in [0.25, 0.3) is 11.8 Å². The smallest absolute Gasteiger partial charge is 0.343 e. The first-order chi connectivity index (χ1) is 38.2. The van der Waals surface area contributed by atoms with E-state index in [1.165, 1.54) is 61.7 Å². The number of ether oxygens (including phenoxy) is 4. The van der Waals surface area contributed by atoms with Gasteiger partial charge in [0.1, 0.15) is 40.9 Å². The lowest BCUT2D eigenvalue weighted by Gasteiger charge is -2.21. The molecule has 0 spiro atoms. The molecule has 6 aromatic rings. The Morgan fingerprint density at radius 2 is 1.00 bits per heavy atom. The third kappa shape index (κ3) is 18.5. The van der Waals surface area contributed by atoms with Crippen LogP contribution in [-0.4, -0.2) is 66.0 Å². The summed E-state index contributed by atoms with van der Waals surface area (Å²) >= 11 is 11.9. The van der Waals surface area contributed by atoms with Crippen LogP contribution in [0.1, 0.15) is 85.8 Å². The highest BCUT2D eigenvalue weighted by atomic mass is 35.5. The maximum Gasteiger partial charge on any atom is 0.343 e. The molecule has 0 heterocycles. The number of aromatic hydroxyl groups is 2. The molecule has 8 N–H and O–H groups in total. The fraction of sp³-hybridized carbons (Fsp3) is 0.271. The number of esters is 1. The predicted octanol–water partition coefficient (Wildman–Crippen LogP) is 13.1. The average Bonchev–Trinajstić information content (AvgIpc) is 3.44. The van der Waals surface area contributed by atoms with Crippen LogP contribution >= 0.6 is 23.2 Å². The Balaban J connectivity index is 0.000000297. The minimum atomic E-state index is -0.863. The molecule has 0 saturated heterocycles. The van der Waals surface area contributed by atoms with E-state index in [2.05, 4.69) is 36.6 Å². The van der Waals surface area contributed by atoms with E-state index in [0.717, 1.165) is 47.9 Å². The van der Waals surface area contributed by atoms with Crippen molar-refractivity contribution >= 4 is 87.2 Å². The van der Waals surface area contributed by atoms with Gasteiger partial charge in [-0.1, -0.05) is 85.3 Å². The zero-order chi connectivity index (χ0) is 58.5. The minimum Gasteiger partial charge on any atom is -0.506 e. The van der Waals surface area contributed by atoms with E-state index in [4.69, 9.17) is 47.9 Å². The number of unbranched alkanes of at least 4 members (excludes halogenated alkanes) is 2. The fourth-order valence-corrected chi connectivity index (χ4v) is 7.93. The summed E-state index contributed by atoms with van der Waals surface area (Å²) in [5.74, 6) is -0.948. The normalized spacial score (nSPS) is 11.1. The number of phenolic OH excluding ortho intramolecular Hbond substituents is 2. The number of rotatable bonds is 21. The van der Waals surface area contributed by atoms with Gasteiger partial charge in [0, 0.05) is 35.3 Å². The molecule has 6 amide bonds. The highest BCUT2D eigenvalue weighted by molar-refractivity contribution is 6.32. The number of aryl methyl sites for hydroxylation is 4. The van der Waals surface area contributed by atoms with Gasteiger partial charge in [0.15, 0.2) is 18.8 Å². The number of carbonyl (C=O) groups excluding carboxylic acids is 5. The molecule has 0 bridgehead atoms. The van der Waals surface area contributed by atoms with E-state index in [9.17, 15) is 34.2 Å². The molecule has 0 aromatic heterocycles. The van der Waals surface area contributed by atoms with E-state index < -0.39 is 48.5 Å². The first kappa shape index (κ1) is 61.7. The van der Waals surface area contributed by atoms with Crippen molar-refractivity contribution in [3.8, 4) is 40.9 Å². The van der Waals surface area contributed by atoms with Crippen LogP contribution in [0.2, 0.25) is 10.0 Å². The van der Waals surface area contributed by atoms with Crippen LogP contribution in [0, 0.1) is 50.4 Å². The van der Waals surface area contributed by atoms with E-state index in [1.54, 1.807) is 12.1 Å². The number of urea groups is 2. The Hall–Kier alpha value is -9.17. The average molecular weight is 1130 g/mol. The summed E-state index contributed by atoms with van der Waals surface area (Å²) in [7, 11) is 1.19. The Labute approximate surface area is 474 Å². The molecule has 418 valence electrons. The lowest BCUT2D eigenvalue weighted by molar-refractivity contribution is -0.142. The SMILES string of the molecule is CCCCC(Oc1ccc(C)cc1C)C(=O)Nc1cc(O)c(NC(=O)Nc2ccc(Cl)c(C#N)c2)cc1OCC(=O)OC.CCCCC(Oc1ccc(C)cc1C)C(=O)Nc1ccc(NC(=O)Nc2ccc(Cl)c(C#N)c2)c(O)c1. The third-order valence-corrected chi connectivity index (χ3v) is 12.5. The monoisotopic (exact) mass is 1130 g/mol. The standard InChI is InChI=1S/C31H33ClN4O7.C28H29ClN4O4/c1-5-6-7-27(43-26-11-8-18(2)12-19(26)3)30(39)35-24-14-25(37)23(15-28(24)42-17-29(38)41-4)36-31(40)34-21-9-10-22(32)20(13-21)16-33;1-4-5-6-26(37-25-12-7-17(2)13-18(25)3)27(35)31-21-9-11-23(24(34)15-21)33-28(36)32-20-8-10-22(29)19(14-20)16-30/h8-15,27,37H,5-7,17H2,1-4H3,(H,35,39)(H2,34,36,40);7-15,26,34H,4-6H2,1-3H3,(H,31,35)(H2,32,33,36). The lowest BCUT2D eigenvalue weighted by Crippen LogP contribution is -2.33. The van der Waals surface area contributed by atoms with Gasteiger partial charge in [-0.3, -0.25) is 9.59 Å². The number of benzene rings is 6. The number of halogens is 2. The van der Waals surface area contributed by atoms with Crippen LogP contribution in [0.4, 0.5) is 43.7 Å². The van der Waals surface area contributed by atoms with Crippen LogP contribution in [0.5, 0.6) is 28.7 Å². The topological polar surface area (TPSA) is 282 Å². The summed E-state index contributed by atoms with van der Waals surface area (Å²) in [5, 5.41) is 55.5. The quantitative estimate of drug-likeness (QED) is 0.0246. The first-order valence-corrected chi connectivity index (χ1v) is 26.0. The van der Waals surface area contributed by atoms with Crippen molar-refractivity contribution in [3.05, 3.63) is 147 Å². The van der Waals surface area contributed by atoms with Gasteiger partial charge in [-0.2, -0.15) is 10.5 Å². The summed E-state index contributed by atoms with van der Waals surface area (Å²) in [6.07, 6.45) is 2.69. The second-order valence-electron chi connectivity index (χ2n) is 18.2. The summed E-state index contributed by atoms with van der Waals surface area (Å²) in [6, 6.07) is 29.6. The second-order valence-corrected chi connectivity index (χ2v) is 19.1. The highest BCUT2D eigenvalue weighted by Crippen LogP contribution is 2.37. The lowest BCUT2D eigenvalue weighted by atomic mass is 10.1. The van der Waals surface area contributed by atoms with Crippen LogP contribution in [0.25, 0.3) is 0 Å². The number of nitriles is 2. The van der Waals surface area contributed by atoms with Gasteiger partial charge in [-0.05, 0) is 125 Å². The van der Waals surface area contributed by atoms with Crippen molar-refractivity contribution in [2.24, 2.45) is 0 Å². The fourth-order valence-electron chi connectivity index (χ4n) is 7.61. The first-order valence-electron chi connectivity index (χ1n) is 25.3. The van der Waals surface area contributed by atoms with E-state index in [-0.39, 0.29) is 61.3 Å². The van der Waals surface area contributed by atoms with Gasteiger partial charge >= 0.3 is 18.0 Å². The van der Waals surface area contributed by atoms with Gasteiger partial charge in [-0.25, -0.2) is 14.4 Å². The van der Waals surface area contributed by atoms with Gasteiger partial charge in [0.2, 0.25) is 0 Å². The van der Waals surface area contributed by atoms with Crippen LogP contribution < -0.4 is 46.1 Å². The number of nitrogens with zero attached hydrogens (tertiary/aromatic N) is 2. The summed E-state index contributed by atoms with van der Waals surface area (Å²) in [5.41, 5.74) is 5.49. The maximum atomic E-state index is 13.4. The second kappa shape index (κ2) is 30.1. The molecular formula is C59H62Cl2N8O11. The number of methoxy groups -OCH3 is 1. The van der Waals surface area contributed by atoms with Crippen molar-refractivity contribution < 1.29 is 53.1 Å². The number of nitrogens with one attached hydrogen (secondary N) is 6. The molecule has 0 aliphatic carbocycles. The molecule has 0 saturated carbocycles. The number of hydrogen-bond donors (Lipinski definition) is 8. The molecule has 21 heteroatoms. The molecule has 6 aromatic carbocycles. The largest absolute Gasteiger partial charge is 0.506 e. The number of carbonyl (C=O) groups is 5. The number of phenols is 2. The molecule has 6 rings (SSSR count). The zero-order valence-corrected chi connectivity index (χ0v) is 46.7. The minimum absolute atomic E-state index is 0.0223. The Bertz CT molecular complexity index is 3310. The maximum absolute atomic E-state index is 13.4. The van der Waals surface area contributed by atoms with Crippen molar-refractivity contribution in [1.29, 1.82) is 10.5 Å². The molecule has 2 atom stereocenters. The molecule has 0 aliphatic heterocycles. The molecule has 80 heavy (non-hydrogen) atoms. The number of anilines is 6. The molecular weight excluding hydrogens is 1070 g/mol. The van der Waals surface area contributed by atoms with Gasteiger partial charge < -0.3 is 61.1 Å². The number of amides is 6. The third-order valence-electron chi connectivity index (χ3n) is 11.8. The number of hydrogen-bond acceptors (Lipinski definition) is 13. The summed E-state index contributed by atoms with van der Waals surface area (Å²) in [6.45, 7) is 11.3. The van der Waals surface area contributed by atoms with E-state index in [1.807, 2.05) is 90.1 Å². The van der Waals surface area contributed by atoms with Crippen molar-refractivity contribution in [2.45, 2.75) is 92.3 Å². The Morgan fingerprint density at radius 3 is 1.46 bits per heavy atom. The highest BCUT2D eigenvalue weighted by Gasteiger charge is 2.25.